The smallest absolute Gasteiger partial charge is 0.337 e. The molecule has 0 atom stereocenters. The molecule has 1 amide bonds. The maximum Gasteiger partial charge on any atom is 0.337 e. The molecule has 1 N–H and O–H groups in total. The Hall–Kier alpha value is -2.66. The van der Waals surface area contributed by atoms with Crippen molar-refractivity contribution in [3.63, 3.8) is 0 Å². The summed E-state index contributed by atoms with van der Waals surface area (Å²) >= 11 is 0. The van der Waals surface area contributed by atoms with Gasteiger partial charge in [0.15, 0.2) is 0 Å². The highest BCUT2D eigenvalue weighted by atomic mass is 16.6. The molecule has 1 aromatic carbocycles. The number of anilines is 1. The van der Waals surface area contributed by atoms with Gasteiger partial charge in [-0.15, -0.1) is 0 Å². The molecule has 0 radical (unpaired) electrons. The minimum atomic E-state index is -0.583. The first-order valence-electron chi connectivity index (χ1n) is 8.96. The standard InChI is InChI=1S/C22H29NO4/c1-6-9-19(10-7-2)27-21(25)16-26-15-20(24)23-18-13-11-17(12-14-18)22(4,5)8-3/h6-7,9-14H,1,8,15-16H2,2-5H3,(H,23,24). The van der Waals surface area contributed by atoms with Gasteiger partial charge < -0.3 is 14.8 Å². The second kappa shape index (κ2) is 11.1. The van der Waals surface area contributed by atoms with Crippen molar-refractivity contribution in [2.45, 2.75) is 39.5 Å². The van der Waals surface area contributed by atoms with Crippen LogP contribution < -0.4 is 5.32 Å². The first-order valence-corrected chi connectivity index (χ1v) is 8.96. The molecule has 5 nitrogen and oxygen atoms in total. The number of hydrogen-bond acceptors (Lipinski definition) is 4. The van der Waals surface area contributed by atoms with Gasteiger partial charge in [0, 0.05) is 5.69 Å². The zero-order chi connectivity index (χ0) is 20.3. The van der Waals surface area contributed by atoms with Crippen LogP contribution >= 0.6 is 0 Å². The van der Waals surface area contributed by atoms with E-state index in [-0.39, 0.29) is 24.5 Å². The first kappa shape index (κ1) is 22.4. The predicted molar refractivity (Wildman–Crippen MR) is 108 cm³/mol. The lowest BCUT2D eigenvalue weighted by Crippen LogP contribution is -2.22. The average Bonchev–Trinajstić information content (AvgIpc) is 2.62. The van der Waals surface area contributed by atoms with E-state index in [2.05, 4.69) is 32.7 Å². The van der Waals surface area contributed by atoms with Gasteiger partial charge in [0.2, 0.25) is 5.91 Å². The van der Waals surface area contributed by atoms with Crippen molar-refractivity contribution < 1.29 is 19.1 Å². The molecular weight excluding hydrogens is 342 g/mol. The van der Waals surface area contributed by atoms with E-state index in [0.29, 0.717) is 11.4 Å². The van der Waals surface area contributed by atoms with E-state index in [0.717, 1.165) is 6.42 Å². The van der Waals surface area contributed by atoms with E-state index in [1.165, 1.54) is 11.6 Å². The van der Waals surface area contributed by atoms with Gasteiger partial charge in [0.25, 0.3) is 0 Å². The molecule has 0 fully saturated rings. The second-order valence-electron chi connectivity index (χ2n) is 6.63. The SMILES string of the molecule is C=CC=C(C=CC)OC(=O)COCC(=O)Nc1ccc(C(C)(C)CC)cc1. The van der Waals surface area contributed by atoms with Crippen LogP contribution in [0, 0.1) is 0 Å². The third-order valence-corrected chi connectivity index (χ3v) is 4.13. The van der Waals surface area contributed by atoms with E-state index in [1.54, 1.807) is 25.2 Å². The van der Waals surface area contributed by atoms with Gasteiger partial charge in [-0.2, -0.15) is 0 Å². The maximum atomic E-state index is 11.9. The molecule has 0 aliphatic heterocycles. The zero-order valence-corrected chi connectivity index (χ0v) is 16.6. The van der Waals surface area contributed by atoms with Crippen LogP contribution in [-0.2, 0) is 24.5 Å². The maximum absolute atomic E-state index is 11.9. The minimum Gasteiger partial charge on any atom is -0.425 e. The molecule has 27 heavy (non-hydrogen) atoms. The largest absolute Gasteiger partial charge is 0.425 e. The summed E-state index contributed by atoms with van der Waals surface area (Å²) in [5.41, 5.74) is 2.00. The molecule has 0 unspecified atom stereocenters. The van der Waals surface area contributed by atoms with Crippen LogP contribution in [0.25, 0.3) is 0 Å². The molecule has 0 aromatic heterocycles. The fourth-order valence-corrected chi connectivity index (χ4v) is 2.20. The lowest BCUT2D eigenvalue weighted by Gasteiger charge is -2.23. The summed E-state index contributed by atoms with van der Waals surface area (Å²) < 4.78 is 10.2. The van der Waals surface area contributed by atoms with Gasteiger partial charge in [0.1, 0.15) is 19.0 Å². The number of benzene rings is 1. The summed E-state index contributed by atoms with van der Waals surface area (Å²) in [6.45, 7) is 11.3. The number of ether oxygens (including phenoxy) is 2. The summed E-state index contributed by atoms with van der Waals surface area (Å²) in [5, 5.41) is 2.74. The normalized spacial score (nSPS) is 12.1. The molecule has 0 spiro atoms. The number of allylic oxidation sites excluding steroid dienone is 4. The van der Waals surface area contributed by atoms with Crippen molar-refractivity contribution in [1.82, 2.24) is 0 Å². The van der Waals surface area contributed by atoms with E-state index >= 15 is 0 Å². The molecule has 5 heteroatoms. The zero-order valence-electron chi connectivity index (χ0n) is 16.6. The third kappa shape index (κ3) is 8.05. The number of hydrogen-bond donors (Lipinski definition) is 1. The van der Waals surface area contributed by atoms with Gasteiger partial charge in [-0.3, -0.25) is 4.79 Å². The van der Waals surface area contributed by atoms with Crippen LogP contribution in [-0.4, -0.2) is 25.1 Å². The first-order chi connectivity index (χ1) is 12.8. The van der Waals surface area contributed by atoms with Crippen molar-refractivity contribution in [2.75, 3.05) is 18.5 Å². The second-order valence-corrected chi connectivity index (χ2v) is 6.63. The van der Waals surface area contributed by atoms with Gasteiger partial charge in [0.05, 0.1) is 0 Å². The highest BCUT2D eigenvalue weighted by Crippen LogP contribution is 2.27. The Morgan fingerprint density at radius 2 is 1.85 bits per heavy atom. The Morgan fingerprint density at radius 1 is 1.19 bits per heavy atom. The van der Waals surface area contributed by atoms with Crippen LogP contribution in [0.5, 0.6) is 0 Å². The number of esters is 1. The molecule has 0 saturated carbocycles. The monoisotopic (exact) mass is 371 g/mol. The summed E-state index contributed by atoms with van der Waals surface area (Å²) in [4.78, 5) is 23.6. The number of carbonyl (C=O) groups is 2. The summed E-state index contributed by atoms with van der Waals surface area (Å²) in [7, 11) is 0. The van der Waals surface area contributed by atoms with Gasteiger partial charge in [-0.05, 0) is 48.6 Å². The molecule has 146 valence electrons. The van der Waals surface area contributed by atoms with E-state index in [9.17, 15) is 9.59 Å². The van der Waals surface area contributed by atoms with Crippen molar-refractivity contribution in [3.05, 3.63) is 66.5 Å². The summed E-state index contributed by atoms with van der Waals surface area (Å²) in [6.07, 6.45) is 7.48. The van der Waals surface area contributed by atoms with Crippen molar-refractivity contribution in [3.8, 4) is 0 Å². The lowest BCUT2D eigenvalue weighted by atomic mass is 9.82. The molecule has 1 rings (SSSR count). The van der Waals surface area contributed by atoms with Crippen LogP contribution in [0.1, 0.15) is 39.7 Å². The Bertz CT molecular complexity index is 700. The van der Waals surface area contributed by atoms with Crippen LogP contribution in [0.15, 0.2) is 60.9 Å². The highest BCUT2D eigenvalue weighted by molar-refractivity contribution is 5.91. The predicted octanol–water partition coefficient (Wildman–Crippen LogP) is 4.52. The Labute approximate surface area is 161 Å². The van der Waals surface area contributed by atoms with Crippen LogP contribution in [0.4, 0.5) is 5.69 Å². The molecule has 0 bridgehead atoms. The van der Waals surface area contributed by atoms with Gasteiger partial charge in [-0.1, -0.05) is 51.6 Å². The number of rotatable bonds is 10. The van der Waals surface area contributed by atoms with Crippen molar-refractivity contribution in [2.24, 2.45) is 0 Å². The van der Waals surface area contributed by atoms with E-state index in [4.69, 9.17) is 9.47 Å². The third-order valence-electron chi connectivity index (χ3n) is 4.13. The molecule has 0 saturated heterocycles. The van der Waals surface area contributed by atoms with E-state index < -0.39 is 5.97 Å². The molecule has 0 aliphatic rings. The van der Waals surface area contributed by atoms with E-state index in [1.807, 2.05) is 24.3 Å². The van der Waals surface area contributed by atoms with Crippen molar-refractivity contribution >= 4 is 17.6 Å². The molecular formula is C22H29NO4. The lowest BCUT2D eigenvalue weighted by molar-refractivity contribution is -0.145. The summed E-state index contributed by atoms with van der Waals surface area (Å²) in [6, 6.07) is 7.74. The fraction of sp³-hybridized carbons (Fsp3) is 0.364. The van der Waals surface area contributed by atoms with Crippen LogP contribution in [0.2, 0.25) is 0 Å². The molecule has 0 heterocycles. The quantitative estimate of drug-likeness (QED) is 0.373. The highest BCUT2D eigenvalue weighted by Gasteiger charge is 2.17. The Kier molecular flexibility index (Phi) is 9.23. The topological polar surface area (TPSA) is 64.6 Å². The van der Waals surface area contributed by atoms with Crippen LogP contribution in [0.3, 0.4) is 0 Å². The van der Waals surface area contributed by atoms with Crippen molar-refractivity contribution in [1.29, 1.82) is 0 Å². The number of nitrogens with one attached hydrogen (secondary N) is 1. The van der Waals surface area contributed by atoms with Gasteiger partial charge >= 0.3 is 5.97 Å². The molecule has 1 aromatic rings. The number of carbonyl (C=O) groups excluding carboxylic acids is 2. The van der Waals surface area contributed by atoms with Gasteiger partial charge in [-0.25, -0.2) is 4.79 Å². The fourth-order valence-electron chi connectivity index (χ4n) is 2.20. The Morgan fingerprint density at radius 3 is 2.41 bits per heavy atom. The summed E-state index contributed by atoms with van der Waals surface area (Å²) in [5.74, 6) is -0.554. The Balaban J connectivity index is 2.44. The molecule has 0 aliphatic carbocycles. The number of amides is 1. The minimum absolute atomic E-state index is 0.0951. The average molecular weight is 371 g/mol.